The summed E-state index contributed by atoms with van der Waals surface area (Å²) in [6.45, 7) is 6.46. The summed E-state index contributed by atoms with van der Waals surface area (Å²) in [6.07, 6.45) is 4.13. The van der Waals surface area contributed by atoms with Gasteiger partial charge in [-0.1, -0.05) is 45.2 Å². The lowest BCUT2D eigenvalue weighted by Crippen LogP contribution is -2.22. The Morgan fingerprint density at radius 3 is 2.44 bits per heavy atom. The molecule has 1 atom stereocenters. The fourth-order valence-electron chi connectivity index (χ4n) is 2.14. The minimum Gasteiger partial charge on any atom is -0.310 e. The Labute approximate surface area is 109 Å². The highest BCUT2D eigenvalue weighted by Crippen LogP contribution is 2.25. The van der Waals surface area contributed by atoms with Gasteiger partial charge >= 0.3 is 0 Å². The average Bonchev–Trinajstić information content (AvgIpc) is 2.36. The molecule has 0 amide bonds. The van der Waals surface area contributed by atoms with E-state index in [0.717, 1.165) is 32.2 Å². The van der Waals surface area contributed by atoms with Crippen molar-refractivity contribution in [2.75, 3.05) is 6.54 Å². The predicted molar refractivity (Wildman–Crippen MR) is 71.7 cm³/mol. The van der Waals surface area contributed by atoms with E-state index in [-0.39, 0.29) is 6.04 Å². The maximum atomic E-state index is 13.9. The first kappa shape index (κ1) is 15.1. The molecular weight excluding hydrogens is 232 g/mol. The van der Waals surface area contributed by atoms with Gasteiger partial charge in [0.2, 0.25) is 0 Å². The van der Waals surface area contributed by atoms with Gasteiger partial charge in [-0.15, -0.1) is 0 Å². The molecular formula is C15H23F2N. The SMILES string of the molecule is CCCCCC(NCC)c1ccc(C)c(F)c1F. The summed E-state index contributed by atoms with van der Waals surface area (Å²) in [5.74, 6) is -1.41. The summed E-state index contributed by atoms with van der Waals surface area (Å²) in [5, 5.41) is 3.24. The van der Waals surface area contributed by atoms with Gasteiger partial charge in [-0.25, -0.2) is 8.78 Å². The number of hydrogen-bond donors (Lipinski definition) is 1. The number of aryl methyl sites for hydroxylation is 1. The Bertz CT molecular complexity index is 377. The van der Waals surface area contributed by atoms with Gasteiger partial charge in [-0.05, 0) is 25.5 Å². The maximum Gasteiger partial charge on any atom is 0.163 e. The summed E-state index contributed by atoms with van der Waals surface area (Å²) >= 11 is 0. The smallest absolute Gasteiger partial charge is 0.163 e. The molecule has 0 aliphatic heterocycles. The third kappa shape index (κ3) is 3.77. The Morgan fingerprint density at radius 2 is 1.83 bits per heavy atom. The van der Waals surface area contributed by atoms with Crippen molar-refractivity contribution in [1.82, 2.24) is 5.32 Å². The lowest BCUT2D eigenvalue weighted by atomic mass is 9.98. The number of unbranched alkanes of at least 4 members (excludes halogenated alkanes) is 2. The van der Waals surface area contributed by atoms with Crippen molar-refractivity contribution in [3.05, 3.63) is 34.9 Å². The van der Waals surface area contributed by atoms with E-state index in [1.165, 1.54) is 0 Å². The quantitative estimate of drug-likeness (QED) is 0.707. The van der Waals surface area contributed by atoms with Crippen molar-refractivity contribution in [2.24, 2.45) is 0 Å². The number of rotatable bonds is 7. The minimum atomic E-state index is -0.717. The van der Waals surface area contributed by atoms with Crippen LogP contribution in [0.15, 0.2) is 12.1 Å². The predicted octanol–water partition coefficient (Wildman–Crippen LogP) is 4.50. The van der Waals surface area contributed by atoms with Crippen LogP contribution in [0.3, 0.4) is 0 Å². The lowest BCUT2D eigenvalue weighted by molar-refractivity contribution is 0.439. The molecule has 0 spiro atoms. The van der Waals surface area contributed by atoms with Crippen molar-refractivity contribution in [3.8, 4) is 0 Å². The molecule has 0 radical (unpaired) electrons. The third-order valence-corrected chi connectivity index (χ3v) is 3.23. The van der Waals surface area contributed by atoms with E-state index in [1.54, 1.807) is 19.1 Å². The zero-order chi connectivity index (χ0) is 13.5. The van der Waals surface area contributed by atoms with E-state index in [4.69, 9.17) is 0 Å². The molecule has 1 rings (SSSR count). The van der Waals surface area contributed by atoms with Crippen LogP contribution < -0.4 is 5.32 Å². The van der Waals surface area contributed by atoms with Crippen LogP contribution in [0, 0.1) is 18.6 Å². The monoisotopic (exact) mass is 255 g/mol. The van der Waals surface area contributed by atoms with E-state index in [2.05, 4.69) is 12.2 Å². The van der Waals surface area contributed by atoms with Crippen molar-refractivity contribution in [3.63, 3.8) is 0 Å². The van der Waals surface area contributed by atoms with Crippen LogP contribution in [0.25, 0.3) is 0 Å². The Kier molecular flexibility index (Phi) is 6.27. The third-order valence-electron chi connectivity index (χ3n) is 3.23. The van der Waals surface area contributed by atoms with Crippen LogP contribution in [-0.2, 0) is 0 Å². The highest BCUT2D eigenvalue weighted by molar-refractivity contribution is 5.27. The fraction of sp³-hybridized carbons (Fsp3) is 0.600. The van der Waals surface area contributed by atoms with Crippen LogP contribution in [0.2, 0.25) is 0 Å². The first-order chi connectivity index (χ1) is 8.61. The van der Waals surface area contributed by atoms with Crippen molar-refractivity contribution < 1.29 is 8.78 Å². The van der Waals surface area contributed by atoms with E-state index in [0.29, 0.717) is 11.1 Å². The maximum absolute atomic E-state index is 13.9. The zero-order valence-corrected chi connectivity index (χ0v) is 11.5. The number of nitrogens with one attached hydrogen (secondary N) is 1. The topological polar surface area (TPSA) is 12.0 Å². The van der Waals surface area contributed by atoms with Crippen LogP contribution >= 0.6 is 0 Å². The largest absolute Gasteiger partial charge is 0.310 e. The van der Waals surface area contributed by atoms with Gasteiger partial charge in [-0.2, -0.15) is 0 Å². The molecule has 1 N–H and O–H groups in total. The highest BCUT2D eigenvalue weighted by Gasteiger charge is 2.18. The Morgan fingerprint density at radius 1 is 1.11 bits per heavy atom. The van der Waals surface area contributed by atoms with Gasteiger partial charge in [0.1, 0.15) is 0 Å². The zero-order valence-electron chi connectivity index (χ0n) is 11.5. The fourth-order valence-corrected chi connectivity index (χ4v) is 2.14. The summed E-state index contributed by atoms with van der Waals surface area (Å²) < 4.78 is 27.5. The number of halogens is 2. The van der Waals surface area contributed by atoms with Gasteiger partial charge in [0, 0.05) is 11.6 Å². The molecule has 0 saturated heterocycles. The van der Waals surface area contributed by atoms with E-state index in [9.17, 15) is 8.78 Å². The van der Waals surface area contributed by atoms with Gasteiger partial charge in [0.05, 0.1) is 0 Å². The number of hydrogen-bond acceptors (Lipinski definition) is 1. The van der Waals surface area contributed by atoms with Gasteiger partial charge in [-0.3, -0.25) is 0 Å². The molecule has 102 valence electrons. The second kappa shape index (κ2) is 7.47. The van der Waals surface area contributed by atoms with E-state index >= 15 is 0 Å². The highest BCUT2D eigenvalue weighted by atomic mass is 19.2. The molecule has 1 unspecified atom stereocenters. The summed E-state index contributed by atoms with van der Waals surface area (Å²) in [6, 6.07) is 3.27. The standard InChI is InChI=1S/C15H23F2N/c1-4-6-7-8-13(18-5-2)12-10-9-11(3)14(16)15(12)17/h9-10,13,18H,4-8H2,1-3H3. The van der Waals surface area contributed by atoms with E-state index < -0.39 is 11.6 Å². The molecule has 0 aliphatic carbocycles. The molecule has 0 heterocycles. The molecule has 0 aromatic heterocycles. The molecule has 0 bridgehead atoms. The first-order valence-electron chi connectivity index (χ1n) is 6.79. The normalized spacial score (nSPS) is 12.7. The molecule has 0 fully saturated rings. The second-order valence-corrected chi connectivity index (χ2v) is 4.71. The minimum absolute atomic E-state index is 0.0864. The molecule has 0 aliphatic rings. The average molecular weight is 255 g/mol. The van der Waals surface area contributed by atoms with Crippen LogP contribution in [-0.4, -0.2) is 6.54 Å². The van der Waals surface area contributed by atoms with Gasteiger partial charge in [0.25, 0.3) is 0 Å². The van der Waals surface area contributed by atoms with Gasteiger partial charge in [0.15, 0.2) is 11.6 Å². The molecule has 1 aromatic rings. The van der Waals surface area contributed by atoms with Crippen molar-refractivity contribution in [1.29, 1.82) is 0 Å². The first-order valence-corrected chi connectivity index (χ1v) is 6.79. The van der Waals surface area contributed by atoms with E-state index in [1.807, 2.05) is 6.92 Å². The summed E-state index contributed by atoms with van der Waals surface area (Å²) in [5.41, 5.74) is 0.816. The van der Waals surface area contributed by atoms with Crippen LogP contribution in [0.4, 0.5) is 8.78 Å². The molecule has 1 nitrogen and oxygen atoms in total. The molecule has 0 saturated carbocycles. The van der Waals surface area contributed by atoms with Gasteiger partial charge < -0.3 is 5.32 Å². The van der Waals surface area contributed by atoms with Crippen molar-refractivity contribution >= 4 is 0 Å². The number of benzene rings is 1. The lowest BCUT2D eigenvalue weighted by Gasteiger charge is -2.19. The molecule has 3 heteroatoms. The summed E-state index contributed by atoms with van der Waals surface area (Å²) in [4.78, 5) is 0. The Balaban J connectivity index is 2.87. The van der Waals surface area contributed by atoms with Crippen LogP contribution in [0.5, 0.6) is 0 Å². The van der Waals surface area contributed by atoms with Crippen molar-refractivity contribution in [2.45, 2.75) is 52.5 Å². The Hall–Kier alpha value is -0.960. The van der Waals surface area contributed by atoms with Crippen LogP contribution in [0.1, 0.15) is 56.7 Å². The molecule has 18 heavy (non-hydrogen) atoms. The summed E-state index contributed by atoms with van der Waals surface area (Å²) in [7, 11) is 0. The second-order valence-electron chi connectivity index (χ2n) is 4.71. The molecule has 1 aromatic carbocycles.